The van der Waals surface area contributed by atoms with Gasteiger partial charge in [0.25, 0.3) is 5.91 Å². The van der Waals surface area contributed by atoms with Crippen LogP contribution in [0.5, 0.6) is 0 Å². The maximum Gasteiger partial charge on any atom is 0.274 e. The van der Waals surface area contributed by atoms with E-state index in [1.807, 2.05) is 11.1 Å². The van der Waals surface area contributed by atoms with Gasteiger partial charge in [-0.25, -0.2) is 9.97 Å². The topological polar surface area (TPSA) is 73.1 Å². The number of hydrogen-bond acceptors (Lipinski definition) is 5. The van der Waals surface area contributed by atoms with E-state index >= 15 is 0 Å². The summed E-state index contributed by atoms with van der Waals surface area (Å²) in [6, 6.07) is 8.55. The lowest BCUT2D eigenvalue weighted by Gasteiger charge is -2.46. The second-order valence-corrected chi connectivity index (χ2v) is 7.86. The van der Waals surface area contributed by atoms with Crippen LogP contribution in [0, 0.1) is 6.92 Å². The van der Waals surface area contributed by atoms with Crippen LogP contribution in [-0.2, 0) is 16.9 Å². The summed E-state index contributed by atoms with van der Waals surface area (Å²) < 4.78 is 8.30. The summed E-state index contributed by atoms with van der Waals surface area (Å²) >= 11 is 0. The van der Waals surface area contributed by atoms with Gasteiger partial charge in [-0.2, -0.15) is 0 Å². The van der Waals surface area contributed by atoms with Crippen molar-refractivity contribution >= 4 is 5.91 Å². The minimum absolute atomic E-state index is 0.0608. The Labute approximate surface area is 169 Å². The molecule has 0 unspecified atom stereocenters. The summed E-state index contributed by atoms with van der Waals surface area (Å²) in [4.78, 5) is 27.4. The molecule has 1 aromatic carbocycles. The van der Waals surface area contributed by atoms with Crippen molar-refractivity contribution in [2.24, 2.45) is 0 Å². The van der Waals surface area contributed by atoms with E-state index in [2.05, 4.69) is 50.7 Å². The van der Waals surface area contributed by atoms with Crippen LogP contribution in [0.25, 0.3) is 11.3 Å². The fraction of sp³-hybridized carbons (Fsp3) is 0.364. The SMILES string of the molecule is Cc1ccc(-c2cnc3n2C2(CCN(C(=O)c4cnccn4)CC2)COC3)cc1. The lowest BCUT2D eigenvalue weighted by Crippen LogP contribution is -2.52. The van der Waals surface area contributed by atoms with Gasteiger partial charge in [-0.3, -0.25) is 9.78 Å². The Bertz CT molecular complexity index is 1020. The number of carbonyl (C=O) groups excluding carboxylic acids is 1. The third-order valence-corrected chi connectivity index (χ3v) is 6.02. The van der Waals surface area contributed by atoms with E-state index in [0.29, 0.717) is 32.0 Å². The molecule has 1 amide bonds. The first-order valence-corrected chi connectivity index (χ1v) is 9.93. The van der Waals surface area contributed by atoms with Crippen LogP contribution < -0.4 is 0 Å². The summed E-state index contributed by atoms with van der Waals surface area (Å²) in [5, 5.41) is 0. The Hall–Kier alpha value is -3.06. The van der Waals surface area contributed by atoms with Gasteiger partial charge in [-0.15, -0.1) is 0 Å². The lowest BCUT2D eigenvalue weighted by molar-refractivity contribution is -0.0276. The molecule has 0 saturated carbocycles. The number of rotatable bonds is 2. The molecule has 2 aliphatic rings. The summed E-state index contributed by atoms with van der Waals surface area (Å²) in [6.45, 7) is 4.57. The summed E-state index contributed by atoms with van der Waals surface area (Å²) in [5.74, 6) is 0.898. The van der Waals surface area contributed by atoms with Crippen LogP contribution in [0.15, 0.2) is 49.1 Å². The number of ether oxygens (including phenoxy) is 1. The van der Waals surface area contributed by atoms with Gasteiger partial charge >= 0.3 is 0 Å². The predicted octanol–water partition coefficient (Wildman–Crippen LogP) is 2.81. The first-order valence-electron chi connectivity index (χ1n) is 9.93. The van der Waals surface area contributed by atoms with Crippen molar-refractivity contribution in [2.75, 3.05) is 19.7 Å². The molecule has 2 aliphatic heterocycles. The highest BCUT2D eigenvalue weighted by atomic mass is 16.5. The minimum Gasteiger partial charge on any atom is -0.371 e. The number of fused-ring (bicyclic) bond motifs is 2. The van der Waals surface area contributed by atoms with Crippen LogP contribution in [0.2, 0.25) is 0 Å². The predicted molar refractivity (Wildman–Crippen MR) is 107 cm³/mol. The van der Waals surface area contributed by atoms with Crippen LogP contribution in [0.1, 0.15) is 34.7 Å². The third-order valence-electron chi connectivity index (χ3n) is 6.02. The third kappa shape index (κ3) is 3.11. The second-order valence-electron chi connectivity index (χ2n) is 7.86. The zero-order chi connectivity index (χ0) is 19.8. The largest absolute Gasteiger partial charge is 0.371 e. The zero-order valence-corrected chi connectivity index (χ0v) is 16.4. The summed E-state index contributed by atoms with van der Waals surface area (Å²) in [7, 11) is 0. The smallest absolute Gasteiger partial charge is 0.274 e. The van der Waals surface area contributed by atoms with E-state index in [-0.39, 0.29) is 11.4 Å². The molecule has 148 valence electrons. The van der Waals surface area contributed by atoms with E-state index in [1.165, 1.54) is 11.8 Å². The number of likely N-dealkylation sites (tertiary alicyclic amines) is 1. The van der Waals surface area contributed by atoms with Crippen LogP contribution in [-0.4, -0.2) is 50.0 Å². The van der Waals surface area contributed by atoms with Crippen molar-refractivity contribution in [3.63, 3.8) is 0 Å². The monoisotopic (exact) mass is 389 g/mol. The normalized spacial score (nSPS) is 17.9. The first kappa shape index (κ1) is 18.0. The molecule has 1 spiro atoms. The van der Waals surface area contributed by atoms with Crippen molar-refractivity contribution in [2.45, 2.75) is 31.9 Å². The molecule has 7 nitrogen and oxygen atoms in total. The number of hydrogen-bond donors (Lipinski definition) is 0. The highest BCUT2D eigenvalue weighted by molar-refractivity contribution is 5.92. The fourth-order valence-corrected chi connectivity index (χ4v) is 4.41. The Morgan fingerprint density at radius 3 is 2.59 bits per heavy atom. The molecule has 0 bridgehead atoms. The molecule has 1 saturated heterocycles. The van der Waals surface area contributed by atoms with E-state index in [4.69, 9.17) is 4.74 Å². The van der Waals surface area contributed by atoms with Gasteiger partial charge in [-0.05, 0) is 25.3 Å². The van der Waals surface area contributed by atoms with Gasteiger partial charge < -0.3 is 14.2 Å². The number of benzene rings is 1. The average molecular weight is 389 g/mol. The van der Waals surface area contributed by atoms with Crippen molar-refractivity contribution in [3.8, 4) is 11.3 Å². The molecule has 4 heterocycles. The molecule has 7 heteroatoms. The zero-order valence-electron chi connectivity index (χ0n) is 16.4. The molecule has 29 heavy (non-hydrogen) atoms. The number of amides is 1. The molecule has 1 fully saturated rings. The summed E-state index contributed by atoms with van der Waals surface area (Å²) in [5.41, 5.74) is 3.74. The van der Waals surface area contributed by atoms with E-state index in [1.54, 1.807) is 12.4 Å². The number of aromatic nitrogens is 4. The molecule has 5 rings (SSSR count). The molecule has 2 aromatic heterocycles. The average Bonchev–Trinajstić information content (AvgIpc) is 3.21. The van der Waals surface area contributed by atoms with E-state index in [9.17, 15) is 4.79 Å². The van der Waals surface area contributed by atoms with Crippen LogP contribution in [0.4, 0.5) is 0 Å². The molecule has 0 aliphatic carbocycles. The quantitative estimate of drug-likeness (QED) is 0.674. The van der Waals surface area contributed by atoms with Gasteiger partial charge in [-0.1, -0.05) is 29.8 Å². The van der Waals surface area contributed by atoms with Crippen molar-refractivity contribution < 1.29 is 9.53 Å². The molecule has 0 atom stereocenters. The van der Waals surface area contributed by atoms with Gasteiger partial charge in [0.1, 0.15) is 18.1 Å². The maximum atomic E-state index is 12.8. The van der Waals surface area contributed by atoms with Crippen LogP contribution >= 0.6 is 0 Å². The van der Waals surface area contributed by atoms with Crippen molar-refractivity contribution in [1.82, 2.24) is 24.4 Å². The molecular formula is C22H23N5O2. The van der Waals surface area contributed by atoms with Crippen molar-refractivity contribution in [3.05, 3.63) is 66.1 Å². The highest BCUT2D eigenvalue weighted by Gasteiger charge is 2.43. The number of imidazole rings is 1. The van der Waals surface area contributed by atoms with Gasteiger partial charge in [0, 0.05) is 25.5 Å². The summed E-state index contributed by atoms with van der Waals surface area (Å²) in [6.07, 6.45) is 8.25. The van der Waals surface area contributed by atoms with E-state index in [0.717, 1.165) is 29.9 Å². The van der Waals surface area contributed by atoms with Gasteiger partial charge in [0.15, 0.2) is 0 Å². The Kier molecular flexibility index (Phi) is 4.39. The number of nitrogens with zero attached hydrogens (tertiary/aromatic N) is 5. The van der Waals surface area contributed by atoms with Gasteiger partial charge in [0.05, 0.1) is 30.2 Å². The first-order chi connectivity index (χ1) is 14.2. The van der Waals surface area contributed by atoms with Gasteiger partial charge in [0.2, 0.25) is 0 Å². The Balaban J connectivity index is 1.43. The minimum atomic E-state index is -0.177. The lowest BCUT2D eigenvalue weighted by atomic mass is 9.86. The number of carbonyl (C=O) groups is 1. The highest BCUT2D eigenvalue weighted by Crippen LogP contribution is 2.39. The number of aryl methyl sites for hydroxylation is 1. The molecular weight excluding hydrogens is 366 g/mol. The number of piperidine rings is 1. The molecule has 3 aromatic rings. The molecule has 0 N–H and O–H groups in total. The van der Waals surface area contributed by atoms with E-state index < -0.39 is 0 Å². The second kappa shape index (κ2) is 7.08. The maximum absolute atomic E-state index is 12.8. The van der Waals surface area contributed by atoms with Crippen LogP contribution in [0.3, 0.4) is 0 Å². The van der Waals surface area contributed by atoms with Crippen molar-refractivity contribution in [1.29, 1.82) is 0 Å². The standard InChI is InChI=1S/C22H23N5O2/c1-16-2-4-17(5-3-16)19-13-25-20-14-29-15-22(27(19)20)6-10-26(11-7-22)21(28)18-12-23-8-9-24-18/h2-5,8-9,12-13H,6-7,10-11,14-15H2,1H3. The fourth-order valence-electron chi connectivity index (χ4n) is 4.41. The Morgan fingerprint density at radius 2 is 1.86 bits per heavy atom. The Morgan fingerprint density at radius 1 is 1.07 bits per heavy atom. The molecule has 0 radical (unpaired) electrons.